The van der Waals surface area contributed by atoms with Crippen LogP contribution in [0.4, 0.5) is 0 Å². The Hall–Kier alpha value is -5.86. The molecule has 0 aliphatic rings. The molecule has 0 aliphatic heterocycles. The van der Waals surface area contributed by atoms with Crippen molar-refractivity contribution >= 4 is 43.5 Å². The zero-order valence-electron chi connectivity index (χ0n) is 24.1. The van der Waals surface area contributed by atoms with Gasteiger partial charge in [0.05, 0.1) is 16.6 Å². The molecule has 2 heteroatoms. The lowest BCUT2D eigenvalue weighted by Gasteiger charge is -2.15. The molecule has 2 aromatic heterocycles. The second-order valence-corrected chi connectivity index (χ2v) is 11.4. The quantitative estimate of drug-likeness (QED) is 0.203. The fourth-order valence-electron chi connectivity index (χ4n) is 6.91. The topological polar surface area (TPSA) is 9.86 Å². The normalized spacial score (nSPS) is 11.6. The van der Waals surface area contributed by atoms with Crippen LogP contribution in [0.25, 0.3) is 77.1 Å². The smallest absolute Gasteiger partial charge is 0.0619 e. The van der Waals surface area contributed by atoms with E-state index in [0.29, 0.717) is 0 Å². The molecule has 2 nitrogen and oxygen atoms in total. The van der Waals surface area contributed by atoms with Crippen molar-refractivity contribution in [3.8, 4) is 33.6 Å². The molecule has 7 aromatic carbocycles. The Labute approximate surface area is 255 Å². The number of hydrogen-bond acceptors (Lipinski definition) is 0. The lowest BCUT2D eigenvalue weighted by molar-refractivity contribution is 1.13. The zero-order chi connectivity index (χ0) is 29.0. The lowest BCUT2D eigenvalue weighted by atomic mass is 9.97. The standard InChI is InChI=1S/C42H28N2/c1-4-12-29(13-5-1)31-26-32(30-14-6-2-7-15-30)28-34(27-31)44-41-19-11-10-18-36(41)39-21-20-35-37-24-25-43(33-16-8-3-9-17-33)40(37)23-22-38(35)42(39)44/h1-28H. The summed E-state index contributed by atoms with van der Waals surface area (Å²) in [6, 6.07) is 59.3. The third-order valence-electron chi connectivity index (χ3n) is 8.92. The molecule has 0 atom stereocenters. The maximum Gasteiger partial charge on any atom is 0.0619 e. The fourth-order valence-corrected chi connectivity index (χ4v) is 6.91. The summed E-state index contributed by atoms with van der Waals surface area (Å²) in [5.41, 5.74) is 10.8. The van der Waals surface area contributed by atoms with Crippen LogP contribution < -0.4 is 0 Å². The van der Waals surface area contributed by atoms with Crippen molar-refractivity contribution in [2.75, 3.05) is 0 Å². The molecule has 0 amide bonds. The van der Waals surface area contributed by atoms with Crippen molar-refractivity contribution in [3.05, 3.63) is 170 Å². The summed E-state index contributed by atoms with van der Waals surface area (Å²) in [4.78, 5) is 0. The van der Waals surface area contributed by atoms with E-state index in [0.717, 1.165) is 5.69 Å². The Kier molecular flexibility index (Phi) is 5.54. The van der Waals surface area contributed by atoms with Crippen molar-refractivity contribution in [3.63, 3.8) is 0 Å². The maximum atomic E-state index is 2.48. The highest BCUT2D eigenvalue weighted by atomic mass is 15.0. The summed E-state index contributed by atoms with van der Waals surface area (Å²) in [6.45, 7) is 0. The number of fused-ring (bicyclic) bond motifs is 7. The van der Waals surface area contributed by atoms with Crippen LogP contribution >= 0.6 is 0 Å². The molecule has 44 heavy (non-hydrogen) atoms. The van der Waals surface area contributed by atoms with E-state index in [4.69, 9.17) is 0 Å². The van der Waals surface area contributed by atoms with Crippen molar-refractivity contribution in [1.29, 1.82) is 0 Å². The van der Waals surface area contributed by atoms with Crippen molar-refractivity contribution < 1.29 is 0 Å². The molecule has 0 radical (unpaired) electrons. The van der Waals surface area contributed by atoms with Gasteiger partial charge in [0.25, 0.3) is 0 Å². The van der Waals surface area contributed by atoms with Crippen LogP contribution in [-0.2, 0) is 0 Å². The average molecular weight is 561 g/mol. The summed E-state index contributed by atoms with van der Waals surface area (Å²) >= 11 is 0. The Morgan fingerprint density at radius 3 is 1.57 bits per heavy atom. The van der Waals surface area contributed by atoms with Gasteiger partial charge in [-0.25, -0.2) is 0 Å². The first-order valence-corrected chi connectivity index (χ1v) is 15.1. The first kappa shape index (κ1) is 24.7. The molecule has 9 aromatic rings. The second-order valence-electron chi connectivity index (χ2n) is 11.4. The van der Waals surface area contributed by atoms with Gasteiger partial charge in [-0.2, -0.15) is 0 Å². The Balaban J connectivity index is 1.37. The van der Waals surface area contributed by atoms with Gasteiger partial charge in [-0.3, -0.25) is 0 Å². The third kappa shape index (κ3) is 3.82. The average Bonchev–Trinajstić information content (AvgIpc) is 3.69. The highest BCUT2D eigenvalue weighted by molar-refractivity contribution is 6.23. The molecule has 9 rings (SSSR count). The van der Waals surface area contributed by atoms with Gasteiger partial charge in [0.15, 0.2) is 0 Å². The van der Waals surface area contributed by atoms with Gasteiger partial charge in [-0.05, 0) is 76.2 Å². The van der Waals surface area contributed by atoms with E-state index in [1.54, 1.807) is 0 Å². The van der Waals surface area contributed by atoms with Crippen molar-refractivity contribution in [2.24, 2.45) is 0 Å². The summed E-state index contributed by atoms with van der Waals surface area (Å²) in [5.74, 6) is 0. The predicted octanol–water partition coefficient (Wildman–Crippen LogP) is 11.2. The molecule has 0 bridgehead atoms. The van der Waals surface area contributed by atoms with Crippen LogP contribution in [0.1, 0.15) is 0 Å². The van der Waals surface area contributed by atoms with Crippen molar-refractivity contribution in [2.45, 2.75) is 0 Å². The molecular weight excluding hydrogens is 532 g/mol. The SMILES string of the molecule is c1ccc(-c2cc(-c3ccccc3)cc(-n3c4ccccc4c4ccc5c6ccn(-c7ccccc7)c6ccc5c43)c2)cc1. The molecular formula is C42H28N2. The Morgan fingerprint density at radius 1 is 0.318 bits per heavy atom. The van der Waals surface area contributed by atoms with Crippen LogP contribution in [0.15, 0.2) is 170 Å². The Morgan fingerprint density at radius 2 is 0.864 bits per heavy atom. The number of benzene rings is 7. The minimum atomic E-state index is 1.16. The molecule has 0 unspecified atom stereocenters. The van der Waals surface area contributed by atoms with E-state index in [9.17, 15) is 0 Å². The van der Waals surface area contributed by atoms with Gasteiger partial charge in [-0.1, -0.05) is 115 Å². The van der Waals surface area contributed by atoms with Crippen LogP contribution in [0, 0.1) is 0 Å². The lowest BCUT2D eigenvalue weighted by Crippen LogP contribution is -1.97. The number of rotatable bonds is 4. The highest BCUT2D eigenvalue weighted by Gasteiger charge is 2.18. The van der Waals surface area contributed by atoms with Gasteiger partial charge >= 0.3 is 0 Å². The molecule has 0 fully saturated rings. The van der Waals surface area contributed by atoms with Gasteiger partial charge in [0, 0.05) is 39.1 Å². The molecule has 0 spiro atoms. The van der Waals surface area contributed by atoms with E-state index < -0.39 is 0 Å². The summed E-state index contributed by atoms with van der Waals surface area (Å²) in [6.07, 6.45) is 2.19. The molecule has 0 saturated heterocycles. The monoisotopic (exact) mass is 560 g/mol. The first-order valence-electron chi connectivity index (χ1n) is 15.1. The van der Waals surface area contributed by atoms with Gasteiger partial charge in [0.2, 0.25) is 0 Å². The summed E-state index contributed by atoms with van der Waals surface area (Å²) < 4.78 is 4.76. The minimum absolute atomic E-state index is 1.16. The van der Waals surface area contributed by atoms with Crippen LogP contribution in [0.3, 0.4) is 0 Å². The molecule has 0 saturated carbocycles. The van der Waals surface area contributed by atoms with Gasteiger partial charge < -0.3 is 9.13 Å². The molecule has 206 valence electrons. The van der Waals surface area contributed by atoms with E-state index >= 15 is 0 Å². The minimum Gasteiger partial charge on any atom is -0.317 e. The fraction of sp³-hybridized carbons (Fsp3) is 0. The van der Waals surface area contributed by atoms with Crippen LogP contribution in [0.5, 0.6) is 0 Å². The third-order valence-corrected chi connectivity index (χ3v) is 8.92. The highest BCUT2D eigenvalue weighted by Crippen LogP contribution is 2.40. The van der Waals surface area contributed by atoms with Crippen molar-refractivity contribution in [1.82, 2.24) is 9.13 Å². The number of hydrogen-bond donors (Lipinski definition) is 0. The van der Waals surface area contributed by atoms with Gasteiger partial charge in [-0.15, -0.1) is 0 Å². The predicted molar refractivity (Wildman–Crippen MR) is 186 cm³/mol. The number of aromatic nitrogens is 2. The summed E-state index contributed by atoms with van der Waals surface area (Å²) in [7, 11) is 0. The van der Waals surface area contributed by atoms with E-state index in [2.05, 4.69) is 179 Å². The van der Waals surface area contributed by atoms with Crippen LogP contribution in [0.2, 0.25) is 0 Å². The largest absolute Gasteiger partial charge is 0.317 e. The van der Waals surface area contributed by atoms with E-state index in [1.165, 1.54) is 71.4 Å². The first-order chi connectivity index (χ1) is 21.8. The van der Waals surface area contributed by atoms with E-state index in [1.807, 2.05) is 0 Å². The molecule has 2 heterocycles. The molecule has 0 aliphatic carbocycles. The zero-order valence-corrected chi connectivity index (χ0v) is 24.1. The number of para-hydroxylation sites is 2. The van der Waals surface area contributed by atoms with Gasteiger partial charge in [0.1, 0.15) is 0 Å². The van der Waals surface area contributed by atoms with Crippen LogP contribution in [-0.4, -0.2) is 9.13 Å². The Bertz CT molecular complexity index is 2410. The van der Waals surface area contributed by atoms with E-state index in [-0.39, 0.29) is 0 Å². The molecule has 0 N–H and O–H groups in total. The summed E-state index contributed by atoms with van der Waals surface area (Å²) in [5, 5.41) is 6.30. The maximum absolute atomic E-state index is 2.48. The second kappa shape index (κ2) is 9.86. The number of nitrogens with zero attached hydrogens (tertiary/aromatic N) is 2.